The molecule has 1 aromatic carbocycles. The zero-order valence-electron chi connectivity index (χ0n) is 10.3. The smallest absolute Gasteiger partial charge is 0.223 e. The molecule has 0 bridgehead atoms. The van der Waals surface area contributed by atoms with Crippen LogP contribution in [-0.4, -0.2) is 24.3 Å². The number of benzene rings is 1. The fourth-order valence-electron chi connectivity index (χ4n) is 2.03. The number of carbonyl (C=O) groups is 1. The van der Waals surface area contributed by atoms with Crippen molar-refractivity contribution in [1.82, 2.24) is 5.32 Å². The first-order valence-corrected chi connectivity index (χ1v) is 6.97. The Kier molecular flexibility index (Phi) is 5.08. The van der Waals surface area contributed by atoms with Crippen LogP contribution in [0.4, 0.5) is 0 Å². The van der Waals surface area contributed by atoms with Crippen LogP contribution in [0.2, 0.25) is 0 Å². The van der Waals surface area contributed by atoms with Crippen molar-refractivity contribution in [1.29, 1.82) is 0 Å². The quantitative estimate of drug-likeness (QED) is 0.772. The van der Waals surface area contributed by atoms with Gasteiger partial charge in [0.15, 0.2) is 0 Å². The third kappa shape index (κ3) is 3.75. The summed E-state index contributed by atoms with van der Waals surface area (Å²) >= 11 is 4.06. The number of amides is 1. The van der Waals surface area contributed by atoms with E-state index in [0.717, 1.165) is 12.8 Å². The summed E-state index contributed by atoms with van der Waals surface area (Å²) in [6.45, 7) is 1.28. The minimum Gasteiger partial charge on any atom is -0.373 e. The second kappa shape index (κ2) is 6.81. The minimum atomic E-state index is 0.130. The van der Waals surface area contributed by atoms with E-state index in [4.69, 9.17) is 4.74 Å². The van der Waals surface area contributed by atoms with Crippen molar-refractivity contribution in [3.8, 4) is 0 Å². The zero-order chi connectivity index (χ0) is 12.8. The van der Waals surface area contributed by atoms with Gasteiger partial charge in [-0.25, -0.2) is 0 Å². The van der Waals surface area contributed by atoms with Gasteiger partial charge in [-0.15, -0.1) is 0 Å². The monoisotopic (exact) mass is 265 g/mol. The standard InChI is InChI=1S/C14H19NO2S/c16-14(15-6-7-18)12-8-13(9-12)17-10-11-4-2-1-3-5-11/h1-5,12-13,18H,6-10H2,(H,15,16). The first-order chi connectivity index (χ1) is 8.79. The normalized spacial score (nSPS) is 22.3. The number of thiol groups is 1. The number of nitrogens with one attached hydrogen (secondary N) is 1. The van der Waals surface area contributed by atoms with Crippen LogP contribution in [0, 0.1) is 5.92 Å². The van der Waals surface area contributed by atoms with E-state index >= 15 is 0 Å². The fraction of sp³-hybridized carbons (Fsp3) is 0.500. The molecule has 4 heteroatoms. The topological polar surface area (TPSA) is 38.3 Å². The summed E-state index contributed by atoms with van der Waals surface area (Å²) in [4.78, 5) is 11.6. The van der Waals surface area contributed by atoms with Gasteiger partial charge in [-0.05, 0) is 18.4 Å². The van der Waals surface area contributed by atoms with Gasteiger partial charge in [0.1, 0.15) is 0 Å². The molecule has 2 rings (SSSR count). The summed E-state index contributed by atoms with van der Waals surface area (Å²) in [6.07, 6.45) is 1.91. The van der Waals surface area contributed by atoms with Gasteiger partial charge in [0.2, 0.25) is 5.91 Å². The van der Waals surface area contributed by atoms with Crippen molar-refractivity contribution in [3.63, 3.8) is 0 Å². The molecular weight excluding hydrogens is 246 g/mol. The molecule has 0 aliphatic heterocycles. The highest BCUT2D eigenvalue weighted by molar-refractivity contribution is 7.80. The SMILES string of the molecule is O=C(NCCS)C1CC(OCc2ccccc2)C1. The molecule has 0 saturated heterocycles. The van der Waals surface area contributed by atoms with E-state index in [1.807, 2.05) is 18.2 Å². The molecule has 0 heterocycles. The summed E-state index contributed by atoms with van der Waals surface area (Å²) in [5.41, 5.74) is 1.18. The molecule has 3 nitrogen and oxygen atoms in total. The van der Waals surface area contributed by atoms with Gasteiger partial charge in [0.05, 0.1) is 12.7 Å². The van der Waals surface area contributed by atoms with E-state index in [-0.39, 0.29) is 17.9 Å². The number of carbonyl (C=O) groups excluding carboxylic acids is 1. The van der Waals surface area contributed by atoms with Gasteiger partial charge in [-0.3, -0.25) is 4.79 Å². The van der Waals surface area contributed by atoms with E-state index in [1.165, 1.54) is 5.56 Å². The second-order valence-electron chi connectivity index (χ2n) is 4.60. The average molecular weight is 265 g/mol. The molecule has 1 aromatic rings. The van der Waals surface area contributed by atoms with Crippen LogP contribution in [0.1, 0.15) is 18.4 Å². The summed E-state index contributed by atoms with van der Waals surface area (Å²) in [7, 11) is 0. The highest BCUT2D eigenvalue weighted by Gasteiger charge is 2.34. The van der Waals surface area contributed by atoms with Crippen LogP contribution >= 0.6 is 12.6 Å². The van der Waals surface area contributed by atoms with Crippen molar-refractivity contribution in [2.75, 3.05) is 12.3 Å². The number of rotatable bonds is 6. The van der Waals surface area contributed by atoms with E-state index < -0.39 is 0 Å². The highest BCUT2D eigenvalue weighted by Crippen LogP contribution is 2.30. The molecule has 0 radical (unpaired) electrons. The second-order valence-corrected chi connectivity index (χ2v) is 5.05. The van der Waals surface area contributed by atoms with Crippen molar-refractivity contribution in [2.24, 2.45) is 5.92 Å². The molecule has 1 aliphatic rings. The van der Waals surface area contributed by atoms with Crippen LogP contribution in [0.3, 0.4) is 0 Å². The maximum absolute atomic E-state index is 11.6. The molecule has 1 amide bonds. The molecule has 0 aromatic heterocycles. The van der Waals surface area contributed by atoms with Crippen LogP contribution in [0.15, 0.2) is 30.3 Å². The lowest BCUT2D eigenvalue weighted by Gasteiger charge is -2.34. The summed E-state index contributed by atoms with van der Waals surface area (Å²) in [5.74, 6) is 0.959. The highest BCUT2D eigenvalue weighted by atomic mass is 32.1. The maximum Gasteiger partial charge on any atom is 0.223 e. The lowest BCUT2D eigenvalue weighted by molar-refractivity contribution is -0.134. The van der Waals surface area contributed by atoms with Crippen molar-refractivity contribution >= 4 is 18.5 Å². The molecule has 18 heavy (non-hydrogen) atoms. The van der Waals surface area contributed by atoms with Crippen LogP contribution in [0.25, 0.3) is 0 Å². The van der Waals surface area contributed by atoms with Gasteiger partial charge >= 0.3 is 0 Å². The van der Waals surface area contributed by atoms with Crippen molar-refractivity contribution < 1.29 is 9.53 Å². The zero-order valence-corrected chi connectivity index (χ0v) is 11.2. The Morgan fingerprint density at radius 2 is 2.06 bits per heavy atom. The molecule has 0 atom stereocenters. The number of ether oxygens (including phenoxy) is 1. The fourth-order valence-corrected chi connectivity index (χ4v) is 2.14. The van der Waals surface area contributed by atoms with Gasteiger partial charge in [-0.2, -0.15) is 12.6 Å². The molecule has 0 spiro atoms. The van der Waals surface area contributed by atoms with Gasteiger partial charge in [0.25, 0.3) is 0 Å². The first-order valence-electron chi connectivity index (χ1n) is 6.33. The van der Waals surface area contributed by atoms with E-state index in [2.05, 4.69) is 30.1 Å². The predicted molar refractivity (Wildman–Crippen MR) is 74.6 cm³/mol. The first kappa shape index (κ1) is 13.4. The maximum atomic E-state index is 11.6. The summed E-state index contributed by atoms with van der Waals surface area (Å²) < 4.78 is 5.75. The van der Waals surface area contributed by atoms with Crippen LogP contribution in [-0.2, 0) is 16.1 Å². The Labute approximate surface area is 113 Å². The van der Waals surface area contributed by atoms with Crippen LogP contribution < -0.4 is 5.32 Å². The van der Waals surface area contributed by atoms with Crippen LogP contribution in [0.5, 0.6) is 0 Å². The molecule has 1 saturated carbocycles. The number of hydrogen-bond acceptors (Lipinski definition) is 3. The minimum absolute atomic E-state index is 0.130. The van der Waals surface area contributed by atoms with Gasteiger partial charge < -0.3 is 10.1 Å². The Morgan fingerprint density at radius 1 is 1.33 bits per heavy atom. The Bertz CT molecular complexity index is 377. The van der Waals surface area contributed by atoms with E-state index in [9.17, 15) is 4.79 Å². The Hall–Kier alpha value is -1.00. The van der Waals surface area contributed by atoms with E-state index in [0.29, 0.717) is 18.9 Å². The van der Waals surface area contributed by atoms with Crippen molar-refractivity contribution in [2.45, 2.75) is 25.6 Å². The molecule has 0 unspecified atom stereocenters. The third-order valence-corrected chi connectivity index (χ3v) is 3.43. The van der Waals surface area contributed by atoms with Gasteiger partial charge in [-0.1, -0.05) is 30.3 Å². The number of hydrogen-bond donors (Lipinski definition) is 2. The lowest BCUT2D eigenvalue weighted by Crippen LogP contribution is -2.42. The third-order valence-electron chi connectivity index (χ3n) is 3.21. The summed E-state index contributed by atoms with van der Waals surface area (Å²) in [5, 5.41) is 2.86. The summed E-state index contributed by atoms with van der Waals surface area (Å²) in [6, 6.07) is 10.1. The van der Waals surface area contributed by atoms with Crippen molar-refractivity contribution in [3.05, 3.63) is 35.9 Å². The largest absolute Gasteiger partial charge is 0.373 e. The van der Waals surface area contributed by atoms with E-state index in [1.54, 1.807) is 0 Å². The molecule has 1 fully saturated rings. The lowest BCUT2D eigenvalue weighted by atomic mass is 9.81. The molecular formula is C14H19NO2S. The Morgan fingerprint density at radius 3 is 2.72 bits per heavy atom. The average Bonchev–Trinajstić information content (AvgIpc) is 2.35. The Balaban J connectivity index is 1.63. The molecule has 1 aliphatic carbocycles. The van der Waals surface area contributed by atoms with Gasteiger partial charge in [0, 0.05) is 18.2 Å². The molecule has 98 valence electrons. The molecule has 1 N–H and O–H groups in total. The predicted octanol–water partition coefficient (Wildman–Crippen LogP) is 2.03.